The first-order valence-corrected chi connectivity index (χ1v) is 5.95. The smallest absolute Gasteiger partial charge is 0.191 e. The molecule has 2 aromatic heterocycles. The van der Waals surface area contributed by atoms with E-state index in [4.69, 9.17) is 5.84 Å². The number of nitrogens with one attached hydrogen (secondary N) is 1. The SMILES string of the molecule is Cc1cc(NN)nc(CSc2nncn2C)n1. The molecule has 0 spiro atoms. The van der Waals surface area contributed by atoms with E-state index < -0.39 is 0 Å². The molecule has 7 nitrogen and oxygen atoms in total. The first kappa shape index (κ1) is 11.8. The molecule has 2 heterocycles. The van der Waals surface area contributed by atoms with Gasteiger partial charge in [-0.05, 0) is 6.92 Å². The molecule has 0 aliphatic carbocycles. The molecule has 2 rings (SSSR count). The van der Waals surface area contributed by atoms with E-state index >= 15 is 0 Å². The van der Waals surface area contributed by atoms with Gasteiger partial charge in [0.2, 0.25) is 0 Å². The highest BCUT2D eigenvalue weighted by Gasteiger charge is 2.05. The molecule has 2 aromatic rings. The standard InChI is InChI=1S/C9H13N7S/c1-6-3-7(14-10)13-8(12-6)4-17-9-15-11-5-16(9)2/h3,5H,4,10H2,1-2H3,(H,12,13,14). The van der Waals surface area contributed by atoms with E-state index in [0.717, 1.165) is 10.9 Å². The molecule has 0 saturated carbocycles. The molecule has 0 aliphatic heterocycles. The summed E-state index contributed by atoms with van der Waals surface area (Å²) in [6, 6.07) is 1.79. The van der Waals surface area contributed by atoms with Crippen LogP contribution in [0.4, 0.5) is 5.82 Å². The van der Waals surface area contributed by atoms with Crippen LogP contribution in [-0.2, 0) is 12.8 Å². The molecule has 0 bridgehead atoms. The Morgan fingerprint density at radius 2 is 2.29 bits per heavy atom. The molecule has 0 unspecified atom stereocenters. The summed E-state index contributed by atoms with van der Waals surface area (Å²) in [4.78, 5) is 8.58. The molecule has 0 aromatic carbocycles. The molecule has 0 amide bonds. The number of hydrogen-bond acceptors (Lipinski definition) is 7. The average molecular weight is 251 g/mol. The van der Waals surface area contributed by atoms with Gasteiger partial charge in [-0.1, -0.05) is 11.8 Å². The van der Waals surface area contributed by atoms with Crippen LogP contribution in [-0.4, -0.2) is 24.7 Å². The van der Waals surface area contributed by atoms with Crippen LogP contribution in [0, 0.1) is 6.92 Å². The predicted molar refractivity (Wildman–Crippen MR) is 65.1 cm³/mol. The highest BCUT2D eigenvalue weighted by molar-refractivity contribution is 7.98. The third-order valence-corrected chi connectivity index (χ3v) is 3.08. The first-order valence-electron chi connectivity index (χ1n) is 4.97. The number of anilines is 1. The molecule has 0 radical (unpaired) electrons. The van der Waals surface area contributed by atoms with Crippen LogP contribution in [0.2, 0.25) is 0 Å². The van der Waals surface area contributed by atoms with Gasteiger partial charge < -0.3 is 9.99 Å². The summed E-state index contributed by atoms with van der Waals surface area (Å²) in [5, 5.41) is 8.61. The maximum absolute atomic E-state index is 5.33. The Labute approximate surface area is 103 Å². The lowest BCUT2D eigenvalue weighted by molar-refractivity contribution is 0.787. The second kappa shape index (κ2) is 5.11. The van der Waals surface area contributed by atoms with Gasteiger partial charge in [-0.15, -0.1) is 10.2 Å². The molecule has 17 heavy (non-hydrogen) atoms. The topological polar surface area (TPSA) is 94.5 Å². The number of rotatable bonds is 4. The predicted octanol–water partition coefficient (Wildman–Crippen LogP) is 0.491. The first-order chi connectivity index (χ1) is 8.19. The molecular weight excluding hydrogens is 238 g/mol. The van der Waals surface area contributed by atoms with Crippen LogP contribution in [0.15, 0.2) is 17.6 Å². The lowest BCUT2D eigenvalue weighted by Crippen LogP contribution is -2.10. The van der Waals surface area contributed by atoms with Gasteiger partial charge in [-0.25, -0.2) is 15.8 Å². The number of aryl methyl sites for hydroxylation is 2. The molecular formula is C9H13N7S. The Bertz CT molecular complexity index is 510. The lowest BCUT2D eigenvalue weighted by Gasteiger charge is -2.04. The highest BCUT2D eigenvalue weighted by atomic mass is 32.2. The van der Waals surface area contributed by atoms with E-state index in [1.54, 1.807) is 12.4 Å². The van der Waals surface area contributed by atoms with Gasteiger partial charge in [0.25, 0.3) is 0 Å². The summed E-state index contributed by atoms with van der Waals surface area (Å²) in [6.07, 6.45) is 1.66. The summed E-state index contributed by atoms with van der Waals surface area (Å²) in [7, 11) is 1.90. The zero-order chi connectivity index (χ0) is 12.3. The third-order valence-electron chi connectivity index (χ3n) is 2.05. The van der Waals surface area contributed by atoms with E-state index in [1.165, 1.54) is 11.8 Å². The van der Waals surface area contributed by atoms with Gasteiger partial charge in [0.05, 0.1) is 5.75 Å². The second-order valence-corrected chi connectivity index (χ2v) is 4.41. The van der Waals surface area contributed by atoms with Crippen LogP contribution in [0.3, 0.4) is 0 Å². The molecule has 0 fully saturated rings. The van der Waals surface area contributed by atoms with E-state index in [2.05, 4.69) is 25.6 Å². The quantitative estimate of drug-likeness (QED) is 0.464. The number of nitrogens with two attached hydrogens (primary N) is 1. The average Bonchev–Trinajstić information content (AvgIpc) is 2.71. The number of nitrogens with zero attached hydrogens (tertiary/aromatic N) is 5. The molecule has 0 aliphatic rings. The van der Waals surface area contributed by atoms with Crippen molar-refractivity contribution in [3.05, 3.63) is 23.9 Å². The monoisotopic (exact) mass is 251 g/mol. The Morgan fingerprint density at radius 3 is 2.94 bits per heavy atom. The lowest BCUT2D eigenvalue weighted by atomic mass is 10.4. The van der Waals surface area contributed by atoms with Crippen LogP contribution in [0.25, 0.3) is 0 Å². The minimum Gasteiger partial charge on any atom is -0.312 e. The number of aromatic nitrogens is 5. The molecule has 0 saturated heterocycles. The Morgan fingerprint density at radius 1 is 1.47 bits per heavy atom. The van der Waals surface area contributed by atoms with Crippen molar-refractivity contribution in [1.82, 2.24) is 24.7 Å². The van der Waals surface area contributed by atoms with E-state index in [9.17, 15) is 0 Å². The summed E-state index contributed by atoms with van der Waals surface area (Å²) in [5.41, 5.74) is 3.40. The van der Waals surface area contributed by atoms with Crippen molar-refractivity contribution in [3.63, 3.8) is 0 Å². The number of hydrogen-bond donors (Lipinski definition) is 2. The Kier molecular flexibility index (Phi) is 3.55. The zero-order valence-corrected chi connectivity index (χ0v) is 10.4. The van der Waals surface area contributed by atoms with Crippen molar-refractivity contribution in [2.75, 3.05) is 5.43 Å². The van der Waals surface area contributed by atoms with Crippen molar-refractivity contribution in [2.24, 2.45) is 12.9 Å². The van der Waals surface area contributed by atoms with Gasteiger partial charge in [0.15, 0.2) is 5.16 Å². The van der Waals surface area contributed by atoms with Crippen molar-refractivity contribution >= 4 is 17.6 Å². The van der Waals surface area contributed by atoms with E-state index in [1.807, 2.05) is 18.5 Å². The van der Waals surface area contributed by atoms with Gasteiger partial charge >= 0.3 is 0 Å². The Hall–Kier alpha value is -1.67. The fraction of sp³-hybridized carbons (Fsp3) is 0.333. The van der Waals surface area contributed by atoms with Crippen molar-refractivity contribution < 1.29 is 0 Å². The normalized spacial score (nSPS) is 10.5. The minimum atomic E-state index is 0.617. The van der Waals surface area contributed by atoms with Crippen molar-refractivity contribution in [2.45, 2.75) is 17.8 Å². The van der Waals surface area contributed by atoms with E-state index in [0.29, 0.717) is 17.4 Å². The molecule has 90 valence electrons. The fourth-order valence-corrected chi connectivity index (χ4v) is 2.04. The summed E-state index contributed by atoms with van der Waals surface area (Å²) in [5.74, 6) is 7.29. The Balaban J connectivity index is 2.09. The summed E-state index contributed by atoms with van der Waals surface area (Å²) >= 11 is 1.53. The largest absolute Gasteiger partial charge is 0.312 e. The summed E-state index contributed by atoms with van der Waals surface area (Å²) in [6.45, 7) is 1.90. The van der Waals surface area contributed by atoms with Gasteiger partial charge in [-0.3, -0.25) is 0 Å². The van der Waals surface area contributed by atoms with Crippen molar-refractivity contribution in [3.8, 4) is 0 Å². The minimum absolute atomic E-state index is 0.617. The fourth-order valence-electron chi connectivity index (χ4n) is 1.30. The van der Waals surface area contributed by atoms with Crippen LogP contribution in [0.1, 0.15) is 11.5 Å². The maximum Gasteiger partial charge on any atom is 0.191 e. The molecule has 0 atom stereocenters. The third kappa shape index (κ3) is 2.92. The van der Waals surface area contributed by atoms with E-state index in [-0.39, 0.29) is 0 Å². The van der Waals surface area contributed by atoms with Gasteiger partial charge in [0.1, 0.15) is 18.0 Å². The highest BCUT2D eigenvalue weighted by Crippen LogP contribution is 2.18. The second-order valence-electron chi connectivity index (χ2n) is 3.47. The van der Waals surface area contributed by atoms with Crippen molar-refractivity contribution in [1.29, 1.82) is 0 Å². The van der Waals surface area contributed by atoms with Crippen LogP contribution in [0.5, 0.6) is 0 Å². The number of nitrogen functional groups attached to an aromatic ring is 1. The van der Waals surface area contributed by atoms with Crippen LogP contribution >= 0.6 is 11.8 Å². The van der Waals surface area contributed by atoms with Gasteiger partial charge in [-0.2, -0.15) is 0 Å². The molecule has 8 heteroatoms. The molecule has 3 N–H and O–H groups in total. The zero-order valence-electron chi connectivity index (χ0n) is 9.58. The van der Waals surface area contributed by atoms with Gasteiger partial charge in [0, 0.05) is 18.8 Å². The maximum atomic E-state index is 5.33. The number of hydrazine groups is 1. The summed E-state index contributed by atoms with van der Waals surface area (Å²) < 4.78 is 1.85. The number of thioether (sulfide) groups is 1. The van der Waals surface area contributed by atoms with Crippen LogP contribution < -0.4 is 11.3 Å².